The fourth-order valence-electron chi connectivity index (χ4n) is 3.39. The van der Waals surface area contributed by atoms with E-state index in [0.717, 1.165) is 50.5 Å². The van der Waals surface area contributed by atoms with E-state index in [1.165, 1.54) is 25.0 Å². The van der Waals surface area contributed by atoms with Gasteiger partial charge < -0.3 is 25.2 Å². The molecule has 0 aliphatic rings. The molecule has 6 nitrogen and oxygen atoms in total. The number of carboxylic acid groups (broad SMARTS) is 2. The molecule has 0 aliphatic carbocycles. The molecule has 2 N–H and O–H groups in total. The van der Waals surface area contributed by atoms with Crippen LogP contribution in [-0.4, -0.2) is 59.9 Å². The van der Waals surface area contributed by atoms with Crippen molar-refractivity contribution in [3.63, 3.8) is 0 Å². The molecule has 7 heteroatoms. The predicted octanol–water partition coefficient (Wildman–Crippen LogP) is 4.08. The zero-order valence-corrected chi connectivity index (χ0v) is 22.0. The molecule has 0 aromatic heterocycles. The molecule has 33 heavy (non-hydrogen) atoms. The molecule has 0 saturated carbocycles. The van der Waals surface area contributed by atoms with Gasteiger partial charge in [-0.1, -0.05) is 94.0 Å². The van der Waals surface area contributed by atoms with Crippen LogP contribution in [0.4, 0.5) is 0 Å². The zero-order chi connectivity index (χ0) is 23.9. The third-order valence-corrected chi connectivity index (χ3v) is 5.27. The second-order valence-corrected chi connectivity index (χ2v) is 7.82. The van der Waals surface area contributed by atoms with Crippen molar-refractivity contribution in [2.24, 2.45) is 0 Å². The smallest absolute Gasteiger partial charge is 0.872 e. The molecule has 176 valence electrons. The van der Waals surface area contributed by atoms with Gasteiger partial charge in [0, 0.05) is 0 Å². The maximum atomic E-state index is 11.7. The van der Waals surface area contributed by atoms with Gasteiger partial charge in [-0.15, -0.1) is 0 Å². The molecule has 2 rings (SSSR count). The van der Waals surface area contributed by atoms with E-state index < -0.39 is 11.9 Å². The van der Waals surface area contributed by atoms with Gasteiger partial charge in [-0.05, 0) is 42.9 Å². The number of unbranched alkanes of at least 4 members (excludes halogenated alkanes) is 6. The number of carbonyl (C=O) groups is 2. The molecule has 0 heterocycles. The van der Waals surface area contributed by atoms with E-state index >= 15 is 0 Å². The Morgan fingerprint density at radius 2 is 1.27 bits per heavy atom. The fraction of sp³-hybridized carbons (Fsp3) is 0.462. The third kappa shape index (κ3) is 11.3. The summed E-state index contributed by atoms with van der Waals surface area (Å²) in [5.41, 5.74) is 1.08. The number of benzene rings is 2. The summed E-state index contributed by atoms with van der Waals surface area (Å²) in [4.78, 5) is 21.4. The number of hydrogen-bond donors (Lipinski definition) is 2. The van der Waals surface area contributed by atoms with Crippen molar-refractivity contribution in [3.8, 4) is 11.5 Å². The van der Waals surface area contributed by atoms with Crippen molar-refractivity contribution in [2.45, 2.75) is 78.1 Å². The first-order chi connectivity index (χ1) is 15.3. The van der Waals surface area contributed by atoms with Gasteiger partial charge in [0.25, 0.3) is 0 Å². The topological polar surface area (TPSA) is 121 Å². The van der Waals surface area contributed by atoms with Crippen LogP contribution >= 0.6 is 0 Å². The van der Waals surface area contributed by atoms with Gasteiger partial charge in [-0.2, -0.15) is 0 Å². The largest absolute Gasteiger partial charge is 2.00 e. The average molecular weight is 483 g/mol. The normalized spacial score (nSPS) is 10.0. The second kappa shape index (κ2) is 17.7. The number of carboxylic acids is 2. The first-order valence-corrected chi connectivity index (χ1v) is 11.4. The molecule has 0 amide bonds. The Bertz CT molecular complexity index is 794. The summed E-state index contributed by atoms with van der Waals surface area (Å²) >= 11 is 0. The standard InChI is InChI=1S/2C13H18O3.Ca/c2*1-2-3-4-5-7-10-8-6-9-11(12(10)14)13(15)16;/h2*6,8-9,14H,2-5,7H2,1H3,(H,15,16);/q;;+2/p-2. The van der Waals surface area contributed by atoms with E-state index in [9.17, 15) is 24.9 Å². The van der Waals surface area contributed by atoms with E-state index in [1.54, 1.807) is 24.3 Å². The summed E-state index contributed by atoms with van der Waals surface area (Å²) in [6, 6.07) is 9.48. The monoisotopic (exact) mass is 482 g/mol. The van der Waals surface area contributed by atoms with Crippen LogP contribution in [0, 0.1) is 0 Å². The minimum absolute atomic E-state index is 0. The Balaban J connectivity index is 0.000000602. The molecule has 0 bridgehead atoms. The Kier molecular flexibility index (Phi) is 16.7. The maximum absolute atomic E-state index is 11.7. The van der Waals surface area contributed by atoms with Crippen molar-refractivity contribution in [2.75, 3.05) is 0 Å². The second-order valence-electron chi connectivity index (χ2n) is 7.82. The minimum atomic E-state index is -1.39. The molecule has 0 fully saturated rings. The molecule has 2 aromatic rings. The summed E-state index contributed by atoms with van der Waals surface area (Å²) in [6.45, 7) is 4.26. The number of rotatable bonds is 12. The van der Waals surface area contributed by atoms with E-state index in [-0.39, 0.29) is 60.4 Å². The first-order valence-electron chi connectivity index (χ1n) is 11.4. The van der Waals surface area contributed by atoms with E-state index in [0.29, 0.717) is 12.0 Å². The van der Waals surface area contributed by atoms with Gasteiger partial charge >= 0.3 is 43.7 Å². The third-order valence-electron chi connectivity index (χ3n) is 5.27. The number of hydrogen-bond acceptors (Lipinski definition) is 5. The van der Waals surface area contributed by atoms with Crippen LogP contribution in [0.15, 0.2) is 36.4 Å². The van der Waals surface area contributed by atoms with Crippen LogP contribution in [-0.2, 0) is 12.8 Å². The minimum Gasteiger partial charge on any atom is -0.872 e. The Hall–Kier alpha value is -1.76. The first kappa shape index (κ1) is 31.2. The van der Waals surface area contributed by atoms with Crippen molar-refractivity contribution in [3.05, 3.63) is 58.7 Å². The van der Waals surface area contributed by atoms with Gasteiger partial charge in [0.15, 0.2) is 0 Å². The van der Waals surface area contributed by atoms with Crippen LogP contribution in [0.1, 0.15) is 97.1 Å². The molecule has 2 aromatic carbocycles. The zero-order valence-electron chi connectivity index (χ0n) is 19.8. The van der Waals surface area contributed by atoms with Crippen LogP contribution in [0.5, 0.6) is 11.5 Å². The fourth-order valence-corrected chi connectivity index (χ4v) is 3.39. The molecule has 0 atom stereocenters. The van der Waals surface area contributed by atoms with Crippen LogP contribution in [0.3, 0.4) is 0 Å². The van der Waals surface area contributed by atoms with Crippen LogP contribution < -0.4 is 10.2 Å². The summed E-state index contributed by atoms with van der Waals surface area (Å²) in [5.74, 6) is -2.93. The van der Waals surface area contributed by atoms with Gasteiger partial charge in [0.1, 0.15) is 11.3 Å². The maximum Gasteiger partial charge on any atom is 2.00 e. The van der Waals surface area contributed by atoms with Gasteiger partial charge in [0.2, 0.25) is 0 Å². The molecule has 0 radical (unpaired) electrons. The summed E-state index contributed by atoms with van der Waals surface area (Å²) < 4.78 is 0. The SMILES string of the molecule is CCCCCCc1cccc(C(=O)O)c1O.CCCCCCc1cccc(C(=O)[O-])c1[O-].[Ca+2]. The van der Waals surface area contributed by atoms with Crippen LogP contribution in [0.2, 0.25) is 0 Å². The Labute approximate surface area is 226 Å². The number of carbonyl (C=O) groups excluding carboxylic acids is 1. The summed E-state index contributed by atoms with van der Waals surface area (Å²) in [6.07, 6.45) is 10.1. The molecule has 0 aliphatic heterocycles. The van der Waals surface area contributed by atoms with Gasteiger partial charge in [-0.3, -0.25) is 0 Å². The number of para-hydroxylation sites is 2. The molecule has 0 spiro atoms. The van der Waals surface area contributed by atoms with Crippen molar-refractivity contribution in [1.82, 2.24) is 0 Å². The number of phenols is 1. The van der Waals surface area contributed by atoms with E-state index in [2.05, 4.69) is 13.8 Å². The Morgan fingerprint density at radius 1 is 0.788 bits per heavy atom. The quantitative estimate of drug-likeness (QED) is 0.347. The van der Waals surface area contributed by atoms with E-state index in [4.69, 9.17) is 5.11 Å². The van der Waals surface area contributed by atoms with Gasteiger partial charge in [-0.25, -0.2) is 4.79 Å². The van der Waals surface area contributed by atoms with Crippen molar-refractivity contribution in [1.29, 1.82) is 0 Å². The average Bonchev–Trinajstić information content (AvgIpc) is 2.76. The number of aryl methyl sites for hydroxylation is 2. The molecule has 0 saturated heterocycles. The van der Waals surface area contributed by atoms with Crippen molar-refractivity contribution < 1.29 is 30.0 Å². The number of aromatic hydroxyl groups is 1. The molecular formula is C26H34CaO6. The Morgan fingerprint density at radius 3 is 1.76 bits per heavy atom. The van der Waals surface area contributed by atoms with Crippen molar-refractivity contribution >= 4 is 49.7 Å². The summed E-state index contributed by atoms with van der Waals surface area (Å²) in [5, 5.41) is 40.9. The summed E-state index contributed by atoms with van der Waals surface area (Å²) in [7, 11) is 0. The number of aromatic carboxylic acids is 2. The van der Waals surface area contributed by atoms with Crippen LogP contribution in [0.25, 0.3) is 0 Å². The van der Waals surface area contributed by atoms with Gasteiger partial charge in [0.05, 0.1) is 5.97 Å². The van der Waals surface area contributed by atoms with E-state index in [1.807, 2.05) is 0 Å². The molecular weight excluding hydrogens is 448 g/mol. The predicted molar refractivity (Wildman–Crippen MR) is 127 cm³/mol. The molecule has 0 unspecified atom stereocenters.